The van der Waals surface area contributed by atoms with Crippen molar-refractivity contribution in [3.63, 3.8) is 0 Å². The first kappa shape index (κ1) is 22.0. The van der Waals surface area contributed by atoms with Gasteiger partial charge in [-0.25, -0.2) is 19.0 Å². The maximum atomic E-state index is 13.8. The molecule has 11 heteroatoms. The van der Waals surface area contributed by atoms with Crippen molar-refractivity contribution in [3.8, 4) is 0 Å². The van der Waals surface area contributed by atoms with E-state index < -0.39 is 18.1 Å². The lowest BCUT2D eigenvalue weighted by atomic mass is 9.83. The van der Waals surface area contributed by atoms with Gasteiger partial charge >= 0.3 is 12.1 Å². The summed E-state index contributed by atoms with van der Waals surface area (Å²) in [5, 5.41) is 5.34. The van der Waals surface area contributed by atoms with Crippen LogP contribution in [0.15, 0.2) is 46.0 Å². The summed E-state index contributed by atoms with van der Waals surface area (Å²) in [6.45, 7) is 2.35. The number of amides is 1. The quantitative estimate of drug-likeness (QED) is 0.539. The smallest absolute Gasteiger partial charge is 0.407 e. The number of benzene rings is 1. The number of carbonyl (C=O) groups excluding carboxylic acids is 2. The minimum absolute atomic E-state index is 0.206. The average molecular weight is 456 g/mol. The first-order valence-electron chi connectivity index (χ1n) is 10.2. The first-order valence-corrected chi connectivity index (χ1v) is 11.1. The van der Waals surface area contributed by atoms with Crippen LogP contribution >= 0.6 is 11.3 Å². The Balaban J connectivity index is 1.86. The summed E-state index contributed by atoms with van der Waals surface area (Å²) in [6, 6.07) is 3.45. The van der Waals surface area contributed by atoms with Crippen molar-refractivity contribution < 1.29 is 23.5 Å². The molecule has 1 aromatic carbocycles. The number of amidine groups is 1. The Morgan fingerprint density at radius 2 is 2.22 bits per heavy atom. The molecule has 1 aromatic heterocycles. The van der Waals surface area contributed by atoms with Gasteiger partial charge in [-0.15, -0.1) is 11.3 Å². The Labute approximate surface area is 189 Å². The second-order valence-electron chi connectivity index (χ2n) is 7.42. The lowest BCUT2D eigenvalue weighted by Gasteiger charge is -2.32. The molecule has 1 N–H and O–H groups in total. The number of nitrogens with one attached hydrogen (secondary N) is 1. The van der Waals surface area contributed by atoms with Crippen LogP contribution in [0.3, 0.4) is 0 Å². The summed E-state index contributed by atoms with van der Waals surface area (Å²) in [5.74, 6) is -0.242. The Morgan fingerprint density at radius 1 is 1.41 bits per heavy atom. The first-order chi connectivity index (χ1) is 15.4. The van der Waals surface area contributed by atoms with E-state index in [1.165, 1.54) is 30.6 Å². The third-order valence-electron chi connectivity index (χ3n) is 5.41. The maximum Gasteiger partial charge on any atom is 0.407 e. The van der Waals surface area contributed by atoms with Gasteiger partial charge in [-0.1, -0.05) is 11.5 Å². The number of aromatic nitrogens is 1. The largest absolute Gasteiger partial charge is 0.463 e. The van der Waals surface area contributed by atoms with Crippen LogP contribution in [-0.2, 0) is 14.3 Å². The molecule has 0 unspecified atom stereocenters. The minimum atomic E-state index is -0.684. The van der Waals surface area contributed by atoms with E-state index >= 15 is 0 Å². The monoisotopic (exact) mass is 456 g/mol. The number of rotatable bonds is 5. The van der Waals surface area contributed by atoms with Crippen LogP contribution in [-0.4, -0.2) is 61.9 Å². The summed E-state index contributed by atoms with van der Waals surface area (Å²) < 4.78 is 23.9. The highest BCUT2D eigenvalue weighted by Gasteiger charge is 2.42. The van der Waals surface area contributed by atoms with Gasteiger partial charge in [0.15, 0.2) is 10.8 Å². The van der Waals surface area contributed by atoms with E-state index in [-0.39, 0.29) is 18.5 Å². The topological polar surface area (TPSA) is 93.1 Å². The Kier molecular flexibility index (Phi) is 6.27. The number of carbonyl (C=O) groups is 2. The highest BCUT2D eigenvalue weighted by molar-refractivity contribution is 7.11. The van der Waals surface area contributed by atoms with E-state index in [1.807, 2.05) is 10.3 Å². The Morgan fingerprint density at radius 3 is 2.88 bits per heavy atom. The minimum Gasteiger partial charge on any atom is -0.463 e. The van der Waals surface area contributed by atoms with E-state index in [1.54, 1.807) is 27.0 Å². The molecule has 1 amide bonds. The Hall–Kier alpha value is -3.21. The van der Waals surface area contributed by atoms with Gasteiger partial charge < -0.3 is 19.7 Å². The van der Waals surface area contributed by atoms with Gasteiger partial charge in [0, 0.05) is 30.2 Å². The SMILES string of the molecule is Bc1cc(F)ccc1[C@@H]1N=C(c2nccs2)N2C[C@H](NC(=O)OC)CC2=C1C(=O)OCC. The van der Waals surface area contributed by atoms with Crippen molar-refractivity contribution in [2.75, 3.05) is 20.3 Å². The van der Waals surface area contributed by atoms with Crippen molar-refractivity contribution in [3.05, 3.63) is 57.4 Å². The van der Waals surface area contributed by atoms with Crippen molar-refractivity contribution in [2.45, 2.75) is 25.4 Å². The third kappa shape index (κ3) is 4.12. The number of fused-ring (bicyclic) bond motifs is 1. The van der Waals surface area contributed by atoms with E-state index in [9.17, 15) is 14.0 Å². The number of alkyl carbamates (subject to hydrolysis) is 1. The molecule has 8 nitrogen and oxygen atoms in total. The zero-order chi connectivity index (χ0) is 22.8. The number of ether oxygens (including phenoxy) is 2. The van der Waals surface area contributed by atoms with Crippen LogP contribution < -0.4 is 10.8 Å². The van der Waals surface area contributed by atoms with E-state index in [2.05, 4.69) is 10.3 Å². The van der Waals surface area contributed by atoms with Gasteiger partial charge in [0.05, 0.1) is 25.3 Å². The van der Waals surface area contributed by atoms with Gasteiger partial charge in [0.2, 0.25) is 0 Å². The standard InChI is InChI=1S/C21H22BFN4O4S/c1-3-31-20(28)16-15-9-12(25-21(29)30-2)10-27(15)18(19-24-6-7-32-19)26-17(16)13-5-4-11(23)8-14(13)22/h4-8,12,17H,3,9-10,22H2,1-2H3,(H,25,29)/t12-,17+/m1/s1. The fourth-order valence-corrected chi connectivity index (χ4v) is 4.70. The highest BCUT2D eigenvalue weighted by atomic mass is 32.1. The molecule has 2 atom stereocenters. The summed E-state index contributed by atoms with van der Waals surface area (Å²) in [7, 11) is 3.09. The zero-order valence-corrected chi connectivity index (χ0v) is 18.7. The van der Waals surface area contributed by atoms with Crippen LogP contribution in [0.5, 0.6) is 0 Å². The molecule has 0 aliphatic carbocycles. The number of thiazole rings is 1. The summed E-state index contributed by atoms with van der Waals surface area (Å²) in [6.07, 6.45) is 1.53. The van der Waals surface area contributed by atoms with Gasteiger partial charge in [-0.2, -0.15) is 0 Å². The predicted molar refractivity (Wildman–Crippen MR) is 120 cm³/mol. The lowest BCUT2D eigenvalue weighted by Crippen LogP contribution is -2.40. The number of hydrogen-bond acceptors (Lipinski definition) is 8. The average Bonchev–Trinajstić information content (AvgIpc) is 3.42. The molecular weight excluding hydrogens is 434 g/mol. The molecule has 0 saturated carbocycles. The molecule has 2 aromatic rings. The van der Waals surface area contributed by atoms with Gasteiger partial charge in [0.25, 0.3) is 0 Å². The van der Waals surface area contributed by atoms with Gasteiger partial charge in [0.1, 0.15) is 19.7 Å². The van der Waals surface area contributed by atoms with Crippen LogP contribution in [0.4, 0.5) is 9.18 Å². The molecule has 2 aliphatic rings. The molecule has 0 spiro atoms. The van der Waals surface area contributed by atoms with E-state index in [0.717, 1.165) is 0 Å². The molecule has 166 valence electrons. The predicted octanol–water partition coefficient (Wildman–Crippen LogP) is 1.29. The van der Waals surface area contributed by atoms with Crippen LogP contribution in [0, 0.1) is 5.82 Å². The fourth-order valence-electron chi connectivity index (χ4n) is 4.06. The summed E-state index contributed by atoms with van der Waals surface area (Å²) in [4.78, 5) is 36.2. The number of esters is 1. The molecule has 1 saturated heterocycles. The normalized spacial score (nSPS) is 20.0. The highest BCUT2D eigenvalue weighted by Crippen LogP contribution is 2.40. The van der Waals surface area contributed by atoms with E-state index in [4.69, 9.17) is 14.5 Å². The molecular formula is C21H22BFN4O4S. The maximum absolute atomic E-state index is 13.8. The summed E-state index contributed by atoms with van der Waals surface area (Å²) >= 11 is 1.43. The molecule has 0 radical (unpaired) electrons. The molecule has 2 aliphatic heterocycles. The Bertz CT molecular complexity index is 1110. The molecule has 32 heavy (non-hydrogen) atoms. The molecule has 4 rings (SSSR count). The number of halogens is 1. The van der Waals surface area contributed by atoms with Gasteiger partial charge in [-0.05, 0) is 24.6 Å². The van der Waals surface area contributed by atoms with Crippen LogP contribution in [0.2, 0.25) is 0 Å². The zero-order valence-electron chi connectivity index (χ0n) is 17.9. The number of hydrogen-bond donors (Lipinski definition) is 1. The third-order valence-corrected chi connectivity index (χ3v) is 6.18. The van der Waals surface area contributed by atoms with Gasteiger partial charge in [-0.3, -0.25) is 4.99 Å². The fraction of sp³-hybridized carbons (Fsp3) is 0.333. The van der Waals surface area contributed by atoms with Crippen molar-refractivity contribution in [1.82, 2.24) is 15.2 Å². The molecule has 1 fully saturated rings. The molecule has 0 bridgehead atoms. The number of methoxy groups -OCH3 is 1. The van der Waals surface area contributed by atoms with Crippen molar-refractivity contribution in [2.24, 2.45) is 4.99 Å². The number of aliphatic imine (C=N–C) groups is 1. The van der Waals surface area contributed by atoms with E-state index in [0.29, 0.717) is 46.1 Å². The van der Waals surface area contributed by atoms with Crippen molar-refractivity contribution in [1.29, 1.82) is 0 Å². The van der Waals surface area contributed by atoms with Crippen LogP contribution in [0.1, 0.15) is 30.0 Å². The second kappa shape index (κ2) is 9.11. The van der Waals surface area contributed by atoms with Crippen molar-refractivity contribution >= 4 is 42.5 Å². The summed E-state index contributed by atoms with van der Waals surface area (Å²) in [5.41, 5.74) is 2.48. The second-order valence-corrected chi connectivity index (χ2v) is 8.32. The van der Waals surface area contributed by atoms with Crippen LogP contribution in [0.25, 0.3) is 0 Å². The molecule has 3 heterocycles. The lowest BCUT2D eigenvalue weighted by molar-refractivity contribution is -0.139. The number of nitrogens with zero attached hydrogens (tertiary/aromatic N) is 3.